The minimum Gasteiger partial charge on any atom is -0.271 e. The summed E-state index contributed by atoms with van der Waals surface area (Å²) in [5, 5.41) is 0. The molecule has 2 rings (SSSR count). The molecule has 20 heavy (non-hydrogen) atoms. The zero-order valence-electron chi connectivity index (χ0n) is 11.5. The smallest absolute Gasteiger partial charge is 0.126 e. The Hall–Kier alpha value is -1.85. The van der Waals surface area contributed by atoms with Crippen LogP contribution in [0.1, 0.15) is 28.4 Å². The summed E-state index contributed by atoms with van der Waals surface area (Å²) >= 11 is 0. The van der Waals surface area contributed by atoms with E-state index in [4.69, 9.17) is 5.84 Å². The molecule has 2 aromatic rings. The summed E-state index contributed by atoms with van der Waals surface area (Å²) in [7, 11) is 0. The third-order valence-electron chi connectivity index (χ3n) is 3.15. The molecule has 3 nitrogen and oxygen atoms in total. The van der Waals surface area contributed by atoms with Gasteiger partial charge in [0.1, 0.15) is 11.6 Å². The van der Waals surface area contributed by atoms with Crippen molar-refractivity contribution >= 4 is 0 Å². The van der Waals surface area contributed by atoms with Gasteiger partial charge in [-0.15, -0.1) is 0 Å². The van der Waals surface area contributed by atoms with Gasteiger partial charge in [-0.3, -0.25) is 16.3 Å². The second-order valence-corrected chi connectivity index (χ2v) is 4.92. The number of benzene rings is 1. The lowest BCUT2D eigenvalue weighted by molar-refractivity contribution is 0.527. The molecule has 106 valence electrons. The van der Waals surface area contributed by atoms with E-state index < -0.39 is 11.6 Å². The summed E-state index contributed by atoms with van der Waals surface area (Å²) < 4.78 is 26.4. The van der Waals surface area contributed by atoms with E-state index in [1.54, 1.807) is 6.20 Å². The summed E-state index contributed by atoms with van der Waals surface area (Å²) in [6.07, 6.45) is 2.11. The molecule has 0 radical (unpaired) electrons. The molecule has 0 bridgehead atoms. The molecule has 1 unspecified atom stereocenters. The van der Waals surface area contributed by atoms with Crippen molar-refractivity contribution in [3.63, 3.8) is 0 Å². The van der Waals surface area contributed by atoms with Crippen LogP contribution < -0.4 is 11.3 Å². The molecule has 0 aliphatic rings. The van der Waals surface area contributed by atoms with Crippen LogP contribution in [0.15, 0.2) is 30.5 Å². The predicted octanol–water partition coefficient (Wildman–Crippen LogP) is 2.72. The maximum Gasteiger partial charge on any atom is 0.126 e. The van der Waals surface area contributed by atoms with E-state index >= 15 is 0 Å². The molecule has 1 aromatic heterocycles. The van der Waals surface area contributed by atoms with Gasteiger partial charge in [0.15, 0.2) is 0 Å². The van der Waals surface area contributed by atoms with Crippen molar-refractivity contribution in [2.24, 2.45) is 5.84 Å². The SMILES string of the molecule is Cc1cnc(C(Cc2cc(F)cc(F)c2)NN)c(C)c1. The van der Waals surface area contributed by atoms with Gasteiger partial charge in [0.25, 0.3) is 0 Å². The number of hydrazine groups is 1. The highest BCUT2D eigenvalue weighted by atomic mass is 19.1. The zero-order valence-corrected chi connectivity index (χ0v) is 11.5. The average Bonchev–Trinajstić information content (AvgIpc) is 2.35. The van der Waals surface area contributed by atoms with E-state index in [1.807, 2.05) is 19.9 Å². The molecule has 0 saturated heterocycles. The lowest BCUT2D eigenvalue weighted by Crippen LogP contribution is -2.31. The highest BCUT2D eigenvalue weighted by Crippen LogP contribution is 2.21. The Morgan fingerprint density at radius 1 is 1.15 bits per heavy atom. The largest absolute Gasteiger partial charge is 0.271 e. The van der Waals surface area contributed by atoms with Gasteiger partial charge in [-0.05, 0) is 49.1 Å². The number of pyridine rings is 1. The second-order valence-electron chi connectivity index (χ2n) is 4.92. The number of nitrogens with one attached hydrogen (secondary N) is 1. The van der Waals surface area contributed by atoms with E-state index in [1.165, 1.54) is 12.1 Å². The van der Waals surface area contributed by atoms with Crippen LogP contribution in [0.25, 0.3) is 0 Å². The van der Waals surface area contributed by atoms with Crippen molar-refractivity contribution in [1.29, 1.82) is 0 Å². The molecular weight excluding hydrogens is 260 g/mol. The van der Waals surface area contributed by atoms with Crippen molar-refractivity contribution in [2.45, 2.75) is 26.3 Å². The van der Waals surface area contributed by atoms with Crippen LogP contribution in [0.5, 0.6) is 0 Å². The van der Waals surface area contributed by atoms with E-state index in [9.17, 15) is 8.78 Å². The quantitative estimate of drug-likeness (QED) is 0.667. The molecule has 0 aliphatic carbocycles. The van der Waals surface area contributed by atoms with Crippen LogP contribution in [-0.2, 0) is 6.42 Å². The molecule has 3 N–H and O–H groups in total. The molecule has 0 spiro atoms. The van der Waals surface area contributed by atoms with E-state index in [2.05, 4.69) is 10.4 Å². The lowest BCUT2D eigenvalue weighted by atomic mass is 9.99. The summed E-state index contributed by atoms with van der Waals surface area (Å²) in [5.41, 5.74) is 6.02. The maximum atomic E-state index is 13.2. The number of rotatable bonds is 4. The monoisotopic (exact) mass is 277 g/mol. The maximum absolute atomic E-state index is 13.2. The van der Waals surface area contributed by atoms with E-state index in [0.717, 1.165) is 22.9 Å². The summed E-state index contributed by atoms with van der Waals surface area (Å²) in [4.78, 5) is 4.36. The molecule has 1 atom stereocenters. The van der Waals surface area contributed by atoms with E-state index in [0.29, 0.717) is 12.0 Å². The van der Waals surface area contributed by atoms with E-state index in [-0.39, 0.29) is 6.04 Å². The third-order valence-corrected chi connectivity index (χ3v) is 3.15. The lowest BCUT2D eigenvalue weighted by Gasteiger charge is -2.18. The molecule has 0 aliphatic heterocycles. The Morgan fingerprint density at radius 3 is 2.35 bits per heavy atom. The zero-order chi connectivity index (χ0) is 14.7. The fourth-order valence-corrected chi connectivity index (χ4v) is 2.29. The number of hydrogen-bond donors (Lipinski definition) is 2. The first-order chi connectivity index (χ1) is 9.49. The van der Waals surface area contributed by atoms with Crippen LogP contribution in [0.2, 0.25) is 0 Å². The van der Waals surface area contributed by atoms with Crippen LogP contribution in [0, 0.1) is 25.5 Å². The Balaban J connectivity index is 2.28. The van der Waals surface area contributed by atoms with Crippen molar-refractivity contribution in [2.75, 3.05) is 0 Å². The summed E-state index contributed by atoms with van der Waals surface area (Å²) in [6, 6.07) is 5.16. The number of nitrogens with two attached hydrogens (primary N) is 1. The average molecular weight is 277 g/mol. The van der Waals surface area contributed by atoms with Crippen molar-refractivity contribution in [3.8, 4) is 0 Å². The van der Waals surface area contributed by atoms with Gasteiger partial charge < -0.3 is 0 Å². The fourth-order valence-electron chi connectivity index (χ4n) is 2.29. The minimum atomic E-state index is -0.593. The Bertz CT molecular complexity index is 594. The highest BCUT2D eigenvalue weighted by molar-refractivity contribution is 5.28. The van der Waals surface area contributed by atoms with Crippen molar-refractivity contribution in [1.82, 2.24) is 10.4 Å². The van der Waals surface area contributed by atoms with Gasteiger partial charge in [0, 0.05) is 12.3 Å². The van der Waals surface area contributed by atoms with Crippen molar-refractivity contribution in [3.05, 3.63) is 64.5 Å². The molecule has 0 fully saturated rings. The Kier molecular flexibility index (Phi) is 4.42. The summed E-state index contributed by atoms with van der Waals surface area (Å²) in [5.74, 6) is 4.37. The molecule has 1 aromatic carbocycles. The topological polar surface area (TPSA) is 50.9 Å². The third kappa shape index (κ3) is 3.37. The Labute approximate surface area is 116 Å². The first-order valence-electron chi connectivity index (χ1n) is 6.34. The van der Waals surface area contributed by atoms with Gasteiger partial charge in [0.05, 0.1) is 11.7 Å². The highest BCUT2D eigenvalue weighted by Gasteiger charge is 2.15. The first kappa shape index (κ1) is 14.6. The van der Waals surface area contributed by atoms with Gasteiger partial charge >= 0.3 is 0 Å². The standard InChI is InChI=1S/C15H17F2N3/c1-9-3-10(2)15(19-8-9)14(20-18)6-11-4-12(16)7-13(17)5-11/h3-5,7-8,14,20H,6,18H2,1-2H3. The van der Waals surface area contributed by atoms with Gasteiger partial charge in [-0.2, -0.15) is 0 Å². The number of halogens is 2. The van der Waals surface area contributed by atoms with Crippen LogP contribution in [0.4, 0.5) is 8.78 Å². The van der Waals surface area contributed by atoms with Crippen LogP contribution >= 0.6 is 0 Å². The predicted molar refractivity (Wildman–Crippen MR) is 73.8 cm³/mol. The number of nitrogens with zero attached hydrogens (tertiary/aromatic N) is 1. The molecular formula is C15H17F2N3. The normalized spacial score (nSPS) is 12.4. The minimum absolute atomic E-state index is 0.295. The number of hydrogen-bond acceptors (Lipinski definition) is 3. The number of aromatic nitrogens is 1. The fraction of sp³-hybridized carbons (Fsp3) is 0.267. The first-order valence-corrected chi connectivity index (χ1v) is 6.34. The molecule has 0 amide bonds. The molecule has 1 heterocycles. The number of aryl methyl sites for hydroxylation is 2. The van der Waals surface area contributed by atoms with Gasteiger partial charge in [-0.25, -0.2) is 8.78 Å². The molecule has 5 heteroatoms. The van der Waals surface area contributed by atoms with Crippen molar-refractivity contribution < 1.29 is 8.78 Å². The van der Waals surface area contributed by atoms with Gasteiger partial charge in [0.2, 0.25) is 0 Å². The van der Waals surface area contributed by atoms with Gasteiger partial charge in [-0.1, -0.05) is 6.07 Å². The van der Waals surface area contributed by atoms with Crippen LogP contribution in [0.3, 0.4) is 0 Å². The second kappa shape index (κ2) is 6.07. The van der Waals surface area contributed by atoms with Crippen LogP contribution in [-0.4, -0.2) is 4.98 Å². The summed E-state index contributed by atoms with van der Waals surface area (Å²) in [6.45, 7) is 3.89. The molecule has 0 saturated carbocycles. The Morgan fingerprint density at radius 2 is 1.80 bits per heavy atom.